The fraction of sp³-hybridized carbons (Fsp3) is 0.700. The molecule has 74 valence electrons. The monoisotopic (exact) mass is 184 g/mol. The van der Waals surface area contributed by atoms with E-state index < -0.39 is 0 Å². The first-order chi connectivity index (χ1) is 6.26. The van der Waals surface area contributed by atoms with Gasteiger partial charge in [0.05, 0.1) is 13.2 Å². The van der Waals surface area contributed by atoms with Gasteiger partial charge >= 0.3 is 5.97 Å². The summed E-state index contributed by atoms with van der Waals surface area (Å²) >= 11 is 0. The zero-order valence-electron chi connectivity index (χ0n) is 8.21. The maximum atomic E-state index is 10.9. The number of hydrogen-bond donors (Lipinski definition) is 0. The van der Waals surface area contributed by atoms with Gasteiger partial charge in [-0.05, 0) is 25.7 Å². The zero-order valence-corrected chi connectivity index (χ0v) is 8.21. The van der Waals surface area contributed by atoms with Gasteiger partial charge in [-0.15, -0.1) is 0 Å². The Morgan fingerprint density at radius 3 is 2.92 bits per heavy atom. The molecule has 0 spiro atoms. The minimum Gasteiger partial charge on any atom is -0.466 e. The maximum Gasteiger partial charge on any atom is 0.330 e. The van der Waals surface area contributed by atoms with Gasteiger partial charge in [0.2, 0.25) is 0 Å². The second kappa shape index (κ2) is 5.02. The molecule has 0 radical (unpaired) electrons. The molecule has 1 saturated carbocycles. The van der Waals surface area contributed by atoms with Gasteiger partial charge < -0.3 is 9.47 Å². The lowest BCUT2D eigenvalue weighted by molar-refractivity contribution is -0.134. The predicted molar refractivity (Wildman–Crippen MR) is 49.4 cm³/mol. The van der Waals surface area contributed by atoms with Crippen LogP contribution in [0.25, 0.3) is 0 Å². The van der Waals surface area contributed by atoms with Crippen molar-refractivity contribution < 1.29 is 14.3 Å². The smallest absolute Gasteiger partial charge is 0.330 e. The van der Waals surface area contributed by atoms with Crippen LogP contribution in [-0.2, 0) is 14.3 Å². The van der Waals surface area contributed by atoms with Gasteiger partial charge in [0.15, 0.2) is 0 Å². The second-order valence-electron chi connectivity index (χ2n) is 3.28. The van der Waals surface area contributed by atoms with Gasteiger partial charge in [-0.2, -0.15) is 0 Å². The van der Waals surface area contributed by atoms with Gasteiger partial charge in [-0.1, -0.05) is 5.57 Å². The third kappa shape index (κ3) is 3.19. The Hall–Kier alpha value is -0.830. The molecule has 0 N–H and O–H groups in total. The van der Waals surface area contributed by atoms with Crippen LogP contribution < -0.4 is 0 Å². The number of esters is 1. The van der Waals surface area contributed by atoms with Crippen LogP contribution in [0.5, 0.6) is 0 Å². The average molecular weight is 184 g/mol. The Balaban J connectivity index is 2.50. The third-order valence-corrected chi connectivity index (χ3v) is 2.37. The number of hydrogen-bond acceptors (Lipinski definition) is 3. The summed E-state index contributed by atoms with van der Waals surface area (Å²) in [6.07, 6.45) is 5.92. The van der Waals surface area contributed by atoms with Gasteiger partial charge in [-0.25, -0.2) is 4.79 Å². The largest absolute Gasteiger partial charge is 0.466 e. The number of carbonyl (C=O) groups is 1. The molecule has 0 saturated heterocycles. The molecule has 0 aliphatic heterocycles. The van der Waals surface area contributed by atoms with E-state index >= 15 is 0 Å². The van der Waals surface area contributed by atoms with E-state index in [1.165, 1.54) is 7.11 Å². The highest BCUT2D eigenvalue weighted by molar-refractivity contribution is 5.82. The SMILES string of the molecule is COC(=O)/C=C1/CCCC(OC)C1. The van der Waals surface area contributed by atoms with Crippen LogP contribution in [0, 0.1) is 0 Å². The molecule has 1 rings (SSSR count). The van der Waals surface area contributed by atoms with E-state index in [2.05, 4.69) is 4.74 Å². The van der Waals surface area contributed by atoms with Crippen LogP contribution >= 0.6 is 0 Å². The summed E-state index contributed by atoms with van der Waals surface area (Å²) in [5, 5.41) is 0. The second-order valence-corrected chi connectivity index (χ2v) is 3.28. The van der Waals surface area contributed by atoms with Crippen molar-refractivity contribution in [2.24, 2.45) is 0 Å². The number of carbonyl (C=O) groups excluding carboxylic acids is 1. The molecule has 1 unspecified atom stereocenters. The Morgan fingerprint density at radius 2 is 2.31 bits per heavy atom. The zero-order chi connectivity index (χ0) is 9.68. The summed E-state index contributed by atoms with van der Waals surface area (Å²) in [5.41, 5.74) is 1.14. The normalized spacial score (nSPS) is 26.0. The van der Waals surface area contributed by atoms with E-state index in [-0.39, 0.29) is 12.1 Å². The molecule has 13 heavy (non-hydrogen) atoms. The van der Waals surface area contributed by atoms with E-state index in [1.807, 2.05) is 0 Å². The Kier molecular flexibility index (Phi) is 3.96. The first-order valence-electron chi connectivity index (χ1n) is 4.56. The maximum absolute atomic E-state index is 10.9. The van der Waals surface area contributed by atoms with Crippen molar-refractivity contribution in [3.8, 4) is 0 Å². The van der Waals surface area contributed by atoms with Gasteiger partial charge in [-0.3, -0.25) is 0 Å². The van der Waals surface area contributed by atoms with E-state index in [4.69, 9.17) is 4.74 Å². The Labute approximate surface area is 78.7 Å². The van der Waals surface area contributed by atoms with Gasteiger partial charge in [0, 0.05) is 13.2 Å². The molecule has 0 amide bonds. The summed E-state index contributed by atoms with van der Waals surface area (Å²) in [4.78, 5) is 10.9. The average Bonchev–Trinajstić information content (AvgIpc) is 2.18. The summed E-state index contributed by atoms with van der Waals surface area (Å²) in [5.74, 6) is -0.258. The van der Waals surface area contributed by atoms with Crippen molar-refractivity contribution in [2.45, 2.75) is 31.8 Å². The fourth-order valence-electron chi connectivity index (χ4n) is 1.61. The number of methoxy groups -OCH3 is 2. The Bertz CT molecular complexity index is 208. The predicted octanol–water partition coefficient (Wildman–Crippen LogP) is 1.67. The fourth-order valence-corrected chi connectivity index (χ4v) is 1.61. The van der Waals surface area contributed by atoms with Gasteiger partial charge in [0.1, 0.15) is 0 Å². The summed E-state index contributed by atoms with van der Waals surface area (Å²) in [6.45, 7) is 0. The van der Waals surface area contributed by atoms with Crippen molar-refractivity contribution in [1.82, 2.24) is 0 Å². The molecule has 3 nitrogen and oxygen atoms in total. The summed E-state index contributed by atoms with van der Waals surface area (Å²) in [7, 11) is 3.11. The van der Waals surface area contributed by atoms with Crippen molar-refractivity contribution in [2.75, 3.05) is 14.2 Å². The van der Waals surface area contributed by atoms with Crippen LogP contribution in [0.3, 0.4) is 0 Å². The molecule has 0 aromatic carbocycles. The molecular formula is C10H16O3. The van der Waals surface area contributed by atoms with E-state index in [0.717, 1.165) is 31.3 Å². The lowest BCUT2D eigenvalue weighted by atomic mass is 9.92. The standard InChI is InChI=1S/C10H16O3/c1-12-9-5-3-4-8(6-9)7-10(11)13-2/h7,9H,3-6H2,1-2H3/b8-7-. The molecule has 1 fully saturated rings. The quantitative estimate of drug-likeness (QED) is 0.484. The van der Waals surface area contributed by atoms with Crippen LogP contribution in [0.15, 0.2) is 11.6 Å². The first-order valence-corrected chi connectivity index (χ1v) is 4.56. The van der Waals surface area contributed by atoms with Crippen molar-refractivity contribution >= 4 is 5.97 Å². The van der Waals surface area contributed by atoms with Crippen LogP contribution in [0.1, 0.15) is 25.7 Å². The van der Waals surface area contributed by atoms with Crippen molar-refractivity contribution in [1.29, 1.82) is 0 Å². The van der Waals surface area contributed by atoms with E-state index in [9.17, 15) is 4.79 Å². The number of ether oxygens (including phenoxy) is 2. The molecular weight excluding hydrogens is 168 g/mol. The molecule has 3 heteroatoms. The van der Waals surface area contributed by atoms with Crippen molar-refractivity contribution in [3.63, 3.8) is 0 Å². The highest BCUT2D eigenvalue weighted by atomic mass is 16.5. The number of rotatable bonds is 2. The van der Waals surface area contributed by atoms with Crippen LogP contribution in [0.2, 0.25) is 0 Å². The Morgan fingerprint density at radius 1 is 1.54 bits per heavy atom. The van der Waals surface area contributed by atoms with Crippen molar-refractivity contribution in [3.05, 3.63) is 11.6 Å². The molecule has 1 atom stereocenters. The molecule has 0 bridgehead atoms. The lowest BCUT2D eigenvalue weighted by Crippen LogP contribution is -2.16. The highest BCUT2D eigenvalue weighted by Gasteiger charge is 2.16. The minimum absolute atomic E-state index is 0.258. The summed E-state index contributed by atoms with van der Waals surface area (Å²) in [6, 6.07) is 0. The van der Waals surface area contributed by atoms with E-state index in [1.54, 1.807) is 13.2 Å². The topological polar surface area (TPSA) is 35.5 Å². The summed E-state index contributed by atoms with van der Waals surface area (Å²) < 4.78 is 9.81. The molecule has 1 aliphatic carbocycles. The van der Waals surface area contributed by atoms with Crippen LogP contribution in [0.4, 0.5) is 0 Å². The molecule has 0 aromatic rings. The lowest BCUT2D eigenvalue weighted by Gasteiger charge is -2.22. The molecule has 0 aromatic heterocycles. The highest BCUT2D eigenvalue weighted by Crippen LogP contribution is 2.25. The van der Waals surface area contributed by atoms with Gasteiger partial charge in [0.25, 0.3) is 0 Å². The van der Waals surface area contributed by atoms with E-state index in [0.29, 0.717) is 0 Å². The van der Waals surface area contributed by atoms with Crippen LogP contribution in [-0.4, -0.2) is 26.3 Å². The molecule has 0 heterocycles. The minimum atomic E-state index is -0.258. The molecule has 1 aliphatic rings. The third-order valence-electron chi connectivity index (χ3n) is 2.37. The first kappa shape index (κ1) is 10.3.